The van der Waals surface area contributed by atoms with Crippen LogP contribution in [-0.2, 0) is 11.3 Å². The summed E-state index contributed by atoms with van der Waals surface area (Å²) < 4.78 is 1.87. The van der Waals surface area contributed by atoms with Crippen molar-refractivity contribution in [2.75, 3.05) is 0 Å². The predicted molar refractivity (Wildman–Crippen MR) is 62.9 cm³/mol. The Kier molecular flexibility index (Phi) is 4.76. The molecule has 0 aliphatic rings. The first-order chi connectivity index (χ1) is 7.56. The maximum Gasteiger partial charge on any atom is 0.233 e. The molecule has 1 heterocycles. The van der Waals surface area contributed by atoms with Crippen LogP contribution >= 0.6 is 11.6 Å². The van der Waals surface area contributed by atoms with E-state index in [1.807, 2.05) is 18.5 Å². The van der Waals surface area contributed by atoms with E-state index in [0.29, 0.717) is 6.42 Å². The molecular weight excluding hydrogens is 228 g/mol. The van der Waals surface area contributed by atoms with E-state index in [9.17, 15) is 4.79 Å². The number of nitrogens with zero attached hydrogens (tertiary/aromatic N) is 2. The fraction of sp³-hybridized carbons (Fsp3) is 0.600. The second-order valence-corrected chi connectivity index (χ2v) is 4.11. The number of aryl methyl sites for hydroxylation is 2. The van der Waals surface area contributed by atoms with Crippen LogP contribution in [0.15, 0.2) is 0 Å². The summed E-state index contributed by atoms with van der Waals surface area (Å²) in [7, 11) is 0. The molecule has 1 rings (SSSR count). The molecule has 0 unspecified atom stereocenters. The molecule has 90 valence electrons. The van der Waals surface area contributed by atoms with E-state index in [4.69, 9.17) is 17.4 Å². The van der Waals surface area contributed by atoms with E-state index < -0.39 is 0 Å². The van der Waals surface area contributed by atoms with Crippen molar-refractivity contribution < 1.29 is 4.79 Å². The summed E-state index contributed by atoms with van der Waals surface area (Å²) in [6.07, 6.45) is 2.12. The summed E-state index contributed by atoms with van der Waals surface area (Å²) in [5, 5.41) is 5.03. The standard InChI is InChI=1S/C10H17ClN4O/c1-7-10(11)8(2)15(14-7)6-4-3-5-9(16)13-12/h3-6,12H2,1-2H3,(H,13,16). The SMILES string of the molecule is Cc1nn(CCCCC(=O)NN)c(C)c1Cl. The van der Waals surface area contributed by atoms with Crippen molar-refractivity contribution in [2.45, 2.75) is 39.7 Å². The molecule has 0 atom stereocenters. The zero-order valence-electron chi connectivity index (χ0n) is 9.59. The van der Waals surface area contributed by atoms with Crippen molar-refractivity contribution in [1.82, 2.24) is 15.2 Å². The first kappa shape index (κ1) is 13.0. The number of amides is 1. The van der Waals surface area contributed by atoms with E-state index in [2.05, 4.69) is 10.5 Å². The monoisotopic (exact) mass is 244 g/mol. The van der Waals surface area contributed by atoms with Crippen molar-refractivity contribution in [3.8, 4) is 0 Å². The van der Waals surface area contributed by atoms with E-state index in [0.717, 1.165) is 35.8 Å². The Labute approximate surface area is 99.9 Å². The number of nitrogens with one attached hydrogen (secondary N) is 1. The number of hydrogen-bond donors (Lipinski definition) is 2. The lowest BCUT2D eigenvalue weighted by Gasteiger charge is -2.03. The van der Waals surface area contributed by atoms with Crippen LogP contribution in [0.5, 0.6) is 0 Å². The van der Waals surface area contributed by atoms with Gasteiger partial charge in [0.05, 0.1) is 16.4 Å². The largest absolute Gasteiger partial charge is 0.294 e. The third-order valence-corrected chi connectivity index (χ3v) is 3.02. The third-order valence-electron chi connectivity index (χ3n) is 2.48. The fourth-order valence-corrected chi connectivity index (χ4v) is 1.65. The summed E-state index contributed by atoms with van der Waals surface area (Å²) in [4.78, 5) is 10.9. The second-order valence-electron chi connectivity index (χ2n) is 3.73. The van der Waals surface area contributed by atoms with Crippen molar-refractivity contribution in [3.63, 3.8) is 0 Å². The molecule has 16 heavy (non-hydrogen) atoms. The minimum Gasteiger partial charge on any atom is -0.294 e. The lowest BCUT2D eigenvalue weighted by atomic mass is 10.2. The highest BCUT2D eigenvalue weighted by molar-refractivity contribution is 6.31. The van der Waals surface area contributed by atoms with Gasteiger partial charge in [0, 0.05) is 13.0 Å². The van der Waals surface area contributed by atoms with Crippen LogP contribution < -0.4 is 11.3 Å². The van der Waals surface area contributed by atoms with Gasteiger partial charge >= 0.3 is 0 Å². The van der Waals surface area contributed by atoms with Gasteiger partial charge in [-0.1, -0.05) is 11.6 Å². The minimum atomic E-state index is -0.133. The Hall–Kier alpha value is -1.07. The first-order valence-corrected chi connectivity index (χ1v) is 5.63. The molecule has 0 fully saturated rings. The zero-order chi connectivity index (χ0) is 12.1. The van der Waals surface area contributed by atoms with E-state index in [1.165, 1.54) is 0 Å². The van der Waals surface area contributed by atoms with Gasteiger partial charge in [0.25, 0.3) is 0 Å². The summed E-state index contributed by atoms with van der Waals surface area (Å²) >= 11 is 6.02. The summed E-state index contributed by atoms with van der Waals surface area (Å²) in [5.41, 5.74) is 3.93. The molecule has 1 aromatic rings. The van der Waals surface area contributed by atoms with Gasteiger partial charge in [-0.05, 0) is 26.7 Å². The molecule has 0 aromatic carbocycles. The zero-order valence-corrected chi connectivity index (χ0v) is 10.3. The van der Waals surface area contributed by atoms with Gasteiger partial charge < -0.3 is 0 Å². The quantitative estimate of drug-likeness (QED) is 0.355. The lowest BCUT2D eigenvalue weighted by Crippen LogP contribution is -2.29. The number of carbonyl (C=O) groups excluding carboxylic acids is 1. The van der Waals surface area contributed by atoms with Crippen LogP contribution in [0.3, 0.4) is 0 Å². The molecule has 0 aliphatic heterocycles. The number of hydrogen-bond acceptors (Lipinski definition) is 3. The van der Waals surface area contributed by atoms with Crippen molar-refractivity contribution in [3.05, 3.63) is 16.4 Å². The van der Waals surface area contributed by atoms with Crippen LogP contribution in [0.2, 0.25) is 5.02 Å². The summed E-state index contributed by atoms with van der Waals surface area (Å²) in [5.74, 6) is 4.85. The van der Waals surface area contributed by atoms with E-state index in [-0.39, 0.29) is 5.91 Å². The van der Waals surface area contributed by atoms with Crippen LogP contribution in [0.25, 0.3) is 0 Å². The third kappa shape index (κ3) is 3.21. The molecule has 1 aromatic heterocycles. The second kappa shape index (κ2) is 5.86. The Morgan fingerprint density at radius 2 is 2.19 bits per heavy atom. The highest BCUT2D eigenvalue weighted by Gasteiger charge is 2.08. The number of hydrazine groups is 1. The van der Waals surface area contributed by atoms with Crippen molar-refractivity contribution >= 4 is 17.5 Å². The highest BCUT2D eigenvalue weighted by Crippen LogP contribution is 2.19. The number of unbranched alkanes of at least 4 members (excludes halogenated alkanes) is 1. The smallest absolute Gasteiger partial charge is 0.233 e. The molecule has 0 saturated carbocycles. The number of aromatic nitrogens is 2. The van der Waals surface area contributed by atoms with Crippen LogP contribution in [0, 0.1) is 13.8 Å². The van der Waals surface area contributed by atoms with Gasteiger partial charge in [0.1, 0.15) is 0 Å². The van der Waals surface area contributed by atoms with Crippen LogP contribution in [0.4, 0.5) is 0 Å². The highest BCUT2D eigenvalue weighted by atomic mass is 35.5. The Balaban J connectivity index is 2.38. The molecule has 6 heteroatoms. The Morgan fingerprint density at radius 1 is 1.50 bits per heavy atom. The average Bonchev–Trinajstić information content (AvgIpc) is 2.52. The molecule has 0 aliphatic carbocycles. The van der Waals surface area contributed by atoms with Gasteiger partial charge in [0.15, 0.2) is 0 Å². The number of carbonyl (C=O) groups is 1. The van der Waals surface area contributed by atoms with E-state index >= 15 is 0 Å². The summed E-state index contributed by atoms with van der Waals surface area (Å²) in [6, 6.07) is 0. The van der Waals surface area contributed by atoms with Gasteiger partial charge in [-0.15, -0.1) is 0 Å². The number of nitrogens with two attached hydrogens (primary N) is 1. The molecule has 0 bridgehead atoms. The predicted octanol–water partition coefficient (Wildman–Crippen LogP) is 1.31. The van der Waals surface area contributed by atoms with E-state index in [1.54, 1.807) is 0 Å². The minimum absolute atomic E-state index is 0.133. The van der Waals surface area contributed by atoms with Gasteiger partial charge in [-0.3, -0.25) is 14.9 Å². The van der Waals surface area contributed by atoms with Crippen molar-refractivity contribution in [2.24, 2.45) is 5.84 Å². The van der Waals surface area contributed by atoms with Crippen LogP contribution in [-0.4, -0.2) is 15.7 Å². The Bertz CT molecular complexity index is 375. The first-order valence-electron chi connectivity index (χ1n) is 5.25. The average molecular weight is 245 g/mol. The fourth-order valence-electron chi connectivity index (χ4n) is 1.51. The summed E-state index contributed by atoms with van der Waals surface area (Å²) in [6.45, 7) is 4.60. The van der Waals surface area contributed by atoms with Gasteiger partial charge in [0.2, 0.25) is 5.91 Å². The van der Waals surface area contributed by atoms with Crippen LogP contribution in [0.1, 0.15) is 30.7 Å². The normalized spacial score (nSPS) is 10.5. The number of rotatable bonds is 5. The Morgan fingerprint density at radius 3 is 2.69 bits per heavy atom. The van der Waals surface area contributed by atoms with Gasteiger partial charge in [-0.2, -0.15) is 5.10 Å². The lowest BCUT2D eigenvalue weighted by molar-refractivity contribution is -0.121. The number of halogens is 1. The molecular formula is C10H17ClN4O. The molecule has 0 radical (unpaired) electrons. The maximum absolute atomic E-state index is 10.9. The molecule has 1 amide bonds. The van der Waals surface area contributed by atoms with Crippen molar-refractivity contribution in [1.29, 1.82) is 0 Å². The molecule has 3 N–H and O–H groups in total. The van der Waals surface area contributed by atoms with Gasteiger partial charge in [-0.25, -0.2) is 5.84 Å². The molecule has 5 nitrogen and oxygen atoms in total. The molecule has 0 saturated heterocycles. The molecule has 0 spiro atoms. The topological polar surface area (TPSA) is 72.9 Å². The maximum atomic E-state index is 10.9.